The van der Waals surface area contributed by atoms with Crippen LogP contribution in [0.15, 0.2) is 18.2 Å². The average molecular weight is 220 g/mol. The Morgan fingerprint density at radius 1 is 1.29 bits per heavy atom. The van der Waals surface area contributed by atoms with Crippen LogP contribution in [0.1, 0.15) is 24.4 Å². The molecule has 1 heterocycles. The van der Waals surface area contributed by atoms with Crippen LogP contribution in [-0.2, 0) is 0 Å². The van der Waals surface area contributed by atoms with E-state index < -0.39 is 0 Å². The second-order valence-corrected chi connectivity index (χ2v) is 3.31. The van der Waals surface area contributed by atoms with Gasteiger partial charge in [-0.15, -0.1) is 12.4 Å². The van der Waals surface area contributed by atoms with Crippen LogP contribution in [0, 0.1) is 11.6 Å². The zero-order valence-corrected chi connectivity index (χ0v) is 8.41. The molecule has 1 aromatic carbocycles. The molecule has 1 saturated heterocycles. The van der Waals surface area contributed by atoms with Crippen molar-refractivity contribution in [1.82, 2.24) is 5.32 Å². The predicted octanol–water partition coefficient (Wildman–Crippen LogP) is 2.81. The first-order chi connectivity index (χ1) is 6.27. The van der Waals surface area contributed by atoms with Crippen LogP contribution in [0.4, 0.5) is 8.78 Å². The fraction of sp³-hybridized carbons (Fsp3) is 0.400. The van der Waals surface area contributed by atoms with Crippen LogP contribution in [-0.4, -0.2) is 6.54 Å². The van der Waals surface area contributed by atoms with E-state index in [0.717, 1.165) is 25.5 Å². The summed E-state index contributed by atoms with van der Waals surface area (Å²) in [5.74, 6) is -0.689. The van der Waals surface area contributed by atoms with Crippen molar-refractivity contribution < 1.29 is 8.78 Å². The molecule has 0 amide bonds. The molecule has 0 aliphatic carbocycles. The summed E-state index contributed by atoms with van der Waals surface area (Å²) in [4.78, 5) is 0. The standard InChI is InChI=1S/C10H11F2N.ClH/c11-7-3-4-9(12)8(6-7)10-2-1-5-13-10;/h3-4,6,10,13H,1-2,5H2;1H/t10-;/m0./s1. The van der Waals surface area contributed by atoms with Gasteiger partial charge in [0.2, 0.25) is 0 Å². The first-order valence-electron chi connectivity index (χ1n) is 4.46. The van der Waals surface area contributed by atoms with Gasteiger partial charge >= 0.3 is 0 Å². The molecular formula is C10H12ClF2N. The van der Waals surface area contributed by atoms with E-state index in [1.54, 1.807) is 0 Å². The quantitative estimate of drug-likeness (QED) is 0.766. The van der Waals surface area contributed by atoms with E-state index in [-0.39, 0.29) is 30.1 Å². The van der Waals surface area contributed by atoms with Crippen molar-refractivity contribution in [2.75, 3.05) is 6.54 Å². The summed E-state index contributed by atoms with van der Waals surface area (Å²) in [7, 11) is 0. The smallest absolute Gasteiger partial charge is 0.128 e. The first kappa shape index (κ1) is 11.4. The third-order valence-electron chi connectivity index (χ3n) is 2.39. The second kappa shape index (κ2) is 4.71. The van der Waals surface area contributed by atoms with Crippen molar-refractivity contribution in [3.05, 3.63) is 35.4 Å². The van der Waals surface area contributed by atoms with Crippen LogP contribution >= 0.6 is 12.4 Å². The fourth-order valence-corrected chi connectivity index (χ4v) is 1.73. The van der Waals surface area contributed by atoms with Gasteiger partial charge in [-0.05, 0) is 37.6 Å². The van der Waals surface area contributed by atoms with Gasteiger partial charge in [0.05, 0.1) is 0 Å². The number of rotatable bonds is 1. The Labute approximate surface area is 87.9 Å². The molecule has 1 atom stereocenters. The maximum absolute atomic E-state index is 13.2. The van der Waals surface area contributed by atoms with Gasteiger partial charge in [-0.1, -0.05) is 0 Å². The van der Waals surface area contributed by atoms with Crippen LogP contribution in [0.2, 0.25) is 0 Å². The Balaban J connectivity index is 0.000000980. The highest BCUT2D eigenvalue weighted by Crippen LogP contribution is 2.25. The molecule has 78 valence electrons. The number of nitrogens with one attached hydrogen (secondary N) is 1. The second-order valence-electron chi connectivity index (χ2n) is 3.31. The SMILES string of the molecule is Cl.Fc1ccc(F)c([C@@H]2CCCN2)c1. The van der Waals surface area contributed by atoms with Crippen molar-refractivity contribution in [3.63, 3.8) is 0 Å². The highest BCUT2D eigenvalue weighted by atomic mass is 35.5. The van der Waals surface area contributed by atoms with E-state index in [9.17, 15) is 8.78 Å². The monoisotopic (exact) mass is 219 g/mol. The van der Waals surface area contributed by atoms with Gasteiger partial charge in [0.1, 0.15) is 11.6 Å². The lowest BCUT2D eigenvalue weighted by Gasteiger charge is -2.11. The van der Waals surface area contributed by atoms with E-state index in [0.29, 0.717) is 5.56 Å². The van der Waals surface area contributed by atoms with Crippen molar-refractivity contribution in [3.8, 4) is 0 Å². The highest BCUT2D eigenvalue weighted by molar-refractivity contribution is 5.85. The van der Waals surface area contributed by atoms with E-state index in [1.807, 2.05) is 0 Å². The van der Waals surface area contributed by atoms with Crippen LogP contribution in [0.5, 0.6) is 0 Å². The van der Waals surface area contributed by atoms with E-state index in [1.165, 1.54) is 12.1 Å². The molecule has 14 heavy (non-hydrogen) atoms. The molecule has 1 fully saturated rings. The number of halogens is 3. The molecule has 0 radical (unpaired) electrons. The van der Waals surface area contributed by atoms with E-state index >= 15 is 0 Å². The average Bonchev–Trinajstić information content (AvgIpc) is 2.61. The maximum atomic E-state index is 13.2. The summed E-state index contributed by atoms with van der Waals surface area (Å²) in [6, 6.07) is 3.60. The molecule has 1 aromatic rings. The molecule has 2 rings (SSSR count). The van der Waals surface area contributed by atoms with Crippen LogP contribution < -0.4 is 5.32 Å². The van der Waals surface area contributed by atoms with Crippen molar-refractivity contribution in [2.24, 2.45) is 0 Å². The lowest BCUT2D eigenvalue weighted by Crippen LogP contribution is -2.14. The van der Waals surface area contributed by atoms with Crippen LogP contribution in [0.3, 0.4) is 0 Å². The summed E-state index contributed by atoms with van der Waals surface area (Å²) >= 11 is 0. The molecule has 4 heteroatoms. The van der Waals surface area contributed by atoms with Gasteiger partial charge in [0.15, 0.2) is 0 Å². The van der Waals surface area contributed by atoms with Gasteiger partial charge in [-0.25, -0.2) is 8.78 Å². The van der Waals surface area contributed by atoms with Crippen molar-refractivity contribution >= 4 is 12.4 Å². The molecule has 0 unspecified atom stereocenters. The first-order valence-corrected chi connectivity index (χ1v) is 4.46. The minimum absolute atomic E-state index is 0. The summed E-state index contributed by atoms with van der Waals surface area (Å²) < 4.78 is 26.0. The highest BCUT2D eigenvalue weighted by Gasteiger charge is 2.19. The largest absolute Gasteiger partial charge is 0.310 e. The number of hydrogen-bond donors (Lipinski definition) is 1. The molecule has 1 N–H and O–H groups in total. The van der Waals surface area contributed by atoms with Crippen molar-refractivity contribution in [1.29, 1.82) is 0 Å². The Hall–Kier alpha value is -0.670. The topological polar surface area (TPSA) is 12.0 Å². The normalized spacial score (nSPS) is 20.6. The lowest BCUT2D eigenvalue weighted by atomic mass is 10.0. The molecular weight excluding hydrogens is 208 g/mol. The van der Waals surface area contributed by atoms with Gasteiger partial charge in [0.25, 0.3) is 0 Å². The molecule has 1 nitrogen and oxygen atoms in total. The Morgan fingerprint density at radius 3 is 2.71 bits per heavy atom. The summed E-state index contributed by atoms with van der Waals surface area (Å²) in [6.45, 7) is 0.890. The summed E-state index contributed by atoms with van der Waals surface area (Å²) in [5, 5.41) is 3.13. The Kier molecular flexibility index (Phi) is 3.84. The van der Waals surface area contributed by atoms with E-state index in [2.05, 4.69) is 5.32 Å². The Morgan fingerprint density at radius 2 is 2.07 bits per heavy atom. The minimum Gasteiger partial charge on any atom is -0.310 e. The Bertz CT molecular complexity index is 311. The van der Waals surface area contributed by atoms with E-state index in [4.69, 9.17) is 0 Å². The zero-order chi connectivity index (χ0) is 9.26. The molecule has 0 saturated carbocycles. The van der Waals surface area contributed by atoms with Gasteiger partial charge < -0.3 is 5.32 Å². The van der Waals surface area contributed by atoms with Gasteiger partial charge in [-0.2, -0.15) is 0 Å². The number of benzene rings is 1. The molecule has 0 bridgehead atoms. The molecule has 1 aliphatic heterocycles. The minimum atomic E-state index is -0.370. The summed E-state index contributed by atoms with van der Waals surface area (Å²) in [5.41, 5.74) is 0.456. The maximum Gasteiger partial charge on any atom is 0.128 e. The summed E-state index contributed by atoms with van der Waals surface area (Å²) in [6.07, 6.45) is 1.92. The third kappa shape index (κ3) is 2.22. The number of hydrogen-bond acceptors (Lipinski definition) is 1. The molecule has 0 spiro atoms. The van der Waals surface area contributed by atoms with Gasteiger partial charge in [-0.3, -0.25) is 0 Å². The zero-order valence-electron chi connectivity index (χ0n) is 7.59. The fourth-order valence-electron chi connectivity index (χ4n) is 1.73. The predicted molar refractivity (Wildman–Crippen MR) is 53.6 cm³/mol. The van der Waals surface area contributed by atoms with Gasteiger partial charge in [0, 0.05) is 11.6 Å². The lowest BCUT2D eigenvalue weighted by molar-refractivity contribution is 0.543. The van der Waals surface area contributed by atoms with Crippen LogP contribution in [0.25, 0.3) is 0 Å². The van der Waals surface area contributed by atoms with Crippen molar-refractivity contribution in [2.45, 2.75) is 18.9 Å². The molecule has 0 aromatic heterocycles. The molecule has 1 aliphatic rings. The third-order valence-corrected chi connectivity index (χ3v) is 2.39.